The van der Waals surface area contributed by atoms with Crippen molar-refractivity contribution in [3.05, 3.63) is 35.9 Å². The molecule has 0 saturated carbocycles. The number of benzene rings is 1. The van der Waals surface area contributed by atoms with Crippen molar-refractivity contribution in [2.75, 3.05) is 19.7 Å². The Bertz CT molecular complexity index is 481. The van der Waals surface area contributed by atoms with Gasteiger partial charge in [-0.15, -0.1) is 0 Å². The van der Waals surface area contributed by atoms with Crippen LogP contribution in [0.25, 0.3) is 0 Å². The zero-order chi connectivity index (χ0) is 16.2. The molecule has 2 rings (SSSR count). The van der Waals surface area contributed by atoms with E-state index in [0.717, 1.165) is 6.42 Å². The summed E-state index contributed by atoms with van der Waals surface area (Å²) in [6, 6.07) is 10.3. The molecule has 1 aliphatic heterocycles. The second-order valence-electron chi connectivity index (χ2n) is 6.76. The molecule has 1 aromatic carbocycles. The van der Waals surface area contributed by atoms with Crippen LogP contribution in [0.4, 0.5) is 4.79 Å². The van der Waals surface area contributed by atoms with Gasteiger partial charge in [0.2, 0.25) is 0 Å². The molecule has 2 atom stereocenters. The molecule has 4 nitrogen and oxygen atoms in total. The maximum absolute atomic E-state index is 12.4. The second kappa shape index (κ2) is 7.14. The van der Waals surface area contributed by atoms with Crippen molar-refractivity contribution in [1.29, 1.82) is 0 Å². The number of carbonyl (C=O) groups is 1. The van der Waals surface area contributed by atoms with Crippen LogP contribution in [0.3, 0.4) is 0 Å². The van der Waals surface area contributed by atoms with Gasteiger partial charge in [-0.25, -0.2) is 4.79 Å². The van der Waals surface area contributed by atoms with Crippen LogP contribution in [-0.4, -0.2) is 42.4 Å². The number of hydrogen-bond acceptors (Lipinski definition) is 3. The molecule has 0 radical (unpaired) electrons. The monoisotopic (exact) mass is 305 g/mol. The van der Waals surface area contributed by atoms with E-state index in [2.05, 4.69) is 19.1 Å². The molecular weight excluding hydrogens is 278 g/mol. The van der Waals surface area contributed by atoms with Crippen LogP contribution in [-0.2, 0) is 9.47 Å². The quantitative estimate of drug-likeness (QED) is 0.834. The van der Waals surface area contributed by atoms with Gasteiger partial charge in [-0.1, -0.05) is 37.3 Å². The van der Waals surface area contributed by atoms with Gasteiger partial charge < -0.3 is 14.4 Å². The molecule has 1 saturated heterocycles. The number of rotatable bonds is 2. The first kappa shape index (κ1) is 16.8. The molecule has 22 heavy (non-hydrogen) atoms. The summed E-state index contributed by atoms with van der Waals surface area (Å²) in [5.74, 6) is 0.182. The van der Waals surface area contributed by atoms with Crippen LogP contribution in [0, 0.1) is 0 Å². The van der Waals surface area contributed by atoms with E-state index in [1.165, 1.54) is 5.56 Å². The first-order valence-corrected chi connectivity index (χ1v) is 8.05. The lowest BCUT2D eigenvalue weighted by Crippen LogP contribution is -2.40. The summed E-state index contributed by atoms with van der Waals surface area (Å²) in [5.41, 5.74) is 0.737. The maximum atomic E-state index is 12.4. The fourth-order valence-electron chi connectivity index (χ4n) is 2.79. The van der Waals surface area contributed by atoms with Gasteiger partial charge in [-0.05, 0) is 32.8 Å². The summed E-state index contributed by atoms with van der Waals surface area (Å²) in [5, 5.41) is 0. The summed E-state index contributed by atoms with van der Waals surface area (Å²) >= 11 is 0. The summed E-state index contributed by atoms with van der Waals surface area (Å²) in [6.45, 7) is 9.57. The average molecular weight is 305 g/mol. The van der Waals surface area contributed by atoms with Gasteiger partial charge in [0, 0.05) is 19.0 Å². The van der Waals surface area contributed by atoms with Gasteiger partial charge in [0.05, 0.1) is 12.7 Å². The molecule has 4 heteroatoms. The van der Waals surface area contributed by atoms with Crippen LogP contribution in [0.15, 0.2) is 30.3 Å². The van der Waals surface area contributed by atoms with Crippen molar-refractivity contribution in [1.82, 2.24) is 4.90 Å². The Hall–Kier alpha value is -1.55. The predicted molar refractivity (Wildman–Crippen MR) is 87.0 cm³/mol. The fourth-order valence-corrected chi connectivity index (χ4v) is 2.79. The van der Waals surface area contributed by atoms with Gasteiger partial charge in [-0.3, -0.25) is 0 Å². The molecule has 1 heterocycles. The Balaban J connectivity index is 2.17. The number of carbonyl (C=O) groups excluding carboxylic acids is 1. The van der Waals surface area contributed by atoms with E-state index in [-0.39, 0.29) is 18.1 Å². The van der Waals surface area contributed by atoms with Crippen LogP contribution in [0.5, 0.6) is 0 Å². The Morgan fingerprint density at radius 3 is 2.59 bits per heavy atom. The van der Waals surface area contributed by atoms with Gasteiger partial charge in [-0.2, -0.15) is 0 Å². The van der Waals surface area contributed by atoms with Gasteiger partial charge in [0.15, 0.2) is 0 Å². The fraction of sp³-hybridized carbons (Fsp3) is 0.611. The number of amides is 1. The Morgan fingerprint density at radius 1 is 1.32 bits per heavy atom. The number of hydrogen-bond donors (Lipinski definition) is 0. The third-order valence-corrected chi connectivity index (χ3v) is 3.84. The van der Waals surface area contributed by atoms with E-state index in [0.29, 0.717) is 19.7 Å². The Morgan fingerprint density at radius 2 is 2.00 bits per heavy atom. The van der Waals surface area contributed by atoms with Crippen molar-refractivity contribution in [3.8, 4) is 0 Å². The Kier molecular flexibility index (Phi) is 5.46. The lowest BCUT2D eigenvalue weighted by Gasteiger charge is -2.29. The molecule has 122 valence electrons. The summed E-state index contributed by atoms with van der Waals surface area (Å²) in [6.07, 6.45) is 0.811. The zero-order valence-corrected chi connectivity index (χ0v) is 14.0. The smallest absolute Gasteiger partial charge is 0.410 e. The molecule has 1 aromatic rings. The number of nitrogens with zero attached hydrogens (tertiary/aromatic N) is 1. The van der Waals surface area contributed by atoms with E-state index in [1.807, 2.05) is 39.0 Å². The first-order chi connectivity index (χ1) is 10.4. The highest BCUT2D eigenvalue weighted by molar-refractivity contribution is 5.68. The van der Waals surface area contributed by atoms with Crippen LogP contribution >= 0.6 is 0 Å². The second-order valence-corrected chi connectivity index (χ2v) is 6.76. The van der Waals surface area contributed by atoms with E-state index < -0.39 is 5.60 Å². The summed E-state index contributed by atoms with van der Waals surface area (Å²) < 4.78 is 11.5. The average Bonchev–Trinajstić information content (AvgIpc) is 2.68. The van der Waals surface area contributed by atoms with Crippen LogP contribution in [0.1, 0.15) is 45.6 Å². The lowest BCUT2D eigenvalue weighted by molar-refractivity contribution is 0.0230. The molecule has 0 spiro atoms. The highest BCUT2D eigenvalue weighted by Gasteiger charge is 2.32. The minimum Gasteiger partial charge on any atom is -0.444 e. The maximum Gasteiger partial charge on any atom is 0.410 e. The van der Waals surface area contributed by atoms with E-state index in [4.69, 9.17) is 9.47 Å². The molecule has 1 aliphatic rings. The largest absolute Gasteiger partial charge is 0.444 e. The Labute approximate surface area is 133 Å². The van der Waals surface area contributed by atoms with E-state index >= 15 is 0 Å². The normalized spacial score (nSPS) is 23.0. The van der Waals surface area contributed by atoms with Gasteiger partial charge in [0.25, 0.3) is 0 Å². The standard InChI is InChI=1S/C18H27NO3/c1-5-16-15(14-9-7-6-8-10-14)13-19(11-12-21-16)17(20)22-18(2,3)4/h6-10,15-16H,5,11-13H2,1-4H3/t15?,16-/m1/s1. The topological polar surface area (TPSA) is 38.8 Å². The van der Waals surface area contributed by atoms with E-state index in [9.17, 15) is 4.79 Å². The molecule has 1 fully saturated rings. The molecule has 1 amide bonds. The van der Waals surface area contributed by atoms with E-state index in [1.54, 1.807) is 4.90 Å². The highest BCUT2D eigenvalue weighted by Crippen LogP contribution is 2.28. The predicted octanol–water partition coefficient (Wildman–Crippen LogP) is 3.82. The highest BCUT2D eigenvalue weighted by atomic mass is 16.6. The van der Waals surface area contributed by atoms with Crippen LogP contribution in [0.2, 0.25) is 0 Å². The molecular formula is C18H27NO3. The minimum absolute atomic E-state index is 0.134. The van der Waals surface area contributed by atoms with Crippen LogP contribution < -0.4 is 0 Å². The van der Waals surface area contributed by atoms with Crippen molar-refractivity contribution in [2.24, 2.45) is 0 Å². The van der Waals surface area contributed by atoms with Gasteiger partial charge >= 0.3 is 6.09 Å². The molecule has 0 bridgehead atoms. The van der Waals surface area contributed by atoms with Crippen molar-refractivity contribution in [3.63, 3.8) is 0 Å². The molecule has 0 aliphatic carbocycles. The van der Waals surface area contributed by atoms with Gasteiger partial charge in [0.1, 0.15) is 5.60 Å². The van der Waals surface area contributed by atoms with Crippen molar-refractivity contribution >= 4 is 6.09 Å². The third kappa shape index (κ3) is 4.47. The zero-order valence-electron chi connectivity index (χ0n) is 14.0. The summed E-state index contributed by atoms with van der Waals surface area (Å²) in [7, 11) is 0. The van der Waals surface area contributed by atoms with Crippen molar-refractivity contribution < 1.29 is 14.3 Å². The SMILES string of the molecule is CC[C@H]1OCCN(C(=O)OC(C)(C)C)CC1c1ccccc1. The minimum atomic E-state index is -0.476. The molecule has 0 aromatic heterocycles. The molecule has 0 N–H and O–H groups in total. The molecule has 1 unspecified atom stereocenters. The third-order valence-electron chi connectivity index (χ3n) is 3.84. The number of ether oxygens (including phenoxy) is 2. The lowest BCUT2D eigenvalue weighted by atomic mass is 9.91. The van der Waals surface area contributed by atoms with Crippen molar-refractivity contribution in [2.45, 2.75) is 51.7 Å². The first-order valence-electron chi connectivity index (χ1n) is 8.05. The summed E-state index contributed by atoms with van der Waals surface area (Å²) in [4.78, 5) is 14.2.